The normalized spacial score (nSPS) is 11.0. The Bertz CT molecular complexity index is 6460. The Kier molecular flexibility index (Phi) is 22.6. The molecule has 0 amide bonds. The molecular formula is C108H100. The van der Waals surface area contributed by atoms with Crippen molar-refractivity contribution in [2.75, 3.05) is 0 Å². The van der Waals surface area contributed by atoms with E-state index in [2.05, 4.69) is 315 Å². The summed E-state index contributed by atoms with van der Waals surface area (Å²) in [6, 6.07) is 116. The predicted molar refractivity (Wildman–Crippen MR) is 493 cm³/mol. The van der Waals surface area contributed by atoms with Gasteiger partial charge in [0.05, 0.1) is 0 Å². The molecule has 23 aromatic carbocycles. The molecule has 1 aliphatic rings. The first-order valence-electron chi connectivity index (χ1n) is 40.2. The fourth-order valence-corrected chi connectivity index (χ4v) is 16.9. The van der Waals surface area contributed by atoms with Crippen molar-refractivity contribution >= 4 is 205 Å². The van der Waals surface area contributed by atoms with Crippen LogP contribution in [-0.2, 0) is 0 Å². The second-order valence-corrected chi connectivity index (χ2v) is 25.7. The van der Waals surface area contributed by atoms with E-state index in [1.165, 1.54) is 216 Å². The average Bonchev–Trinajstić information content (AvgIpc) is 1.09. The zero-order valence-electron chi connectivity index (χ0n) is 66.0. The number of hydrogen-bond acceptors (Lipinski definition) is 0. The van der Waals surface area contributed by atoms with E-state index >= 15 is 0 Å². The van der Waals surface area contributed by atoms with Crippen molar-refractivity contribution < 1.29 is 0 Å². The van der Waals surface area contributed by atoms with Crippen LogP contribution in [0.3, 0.4) is 0 Å². The number of benzene rings is 23. The highest BCUT2D eigenvalue weighted by Crippen LogP contribution is 2.52. The molecule has 532 valence electrons. The Hall–Kier alpha value is -12.0. The lowest BCUT2D eigenvalue weighted by molar-refractivity contribution is 1.50. The van der Waals surface area contributed by atoms with Gasteiger partial charge in [0.25, 0.3) is 0 Å². The van der Waals surface area contributed by atoms with Gasteiger partial charge in [-0.05, 0) is 264 Å². The van der Waals surface area contributed by atoms with E-state index in [0.717, 1.165) is 0 Å². The van der Waals surface area contributed by atoms with Crippen molar-refractivity contribution in [1.29, 1.82) is 0 Å². The second-order valence-electron chi connectivity index (χ2n) is 25.7. The van der Waals surface area contributed by atoms with Gasteiger partial charge in [0.15, 0.2) is 0 Å². The predicted octanol–water partition coefficient (Wildman–Crippen LogP) is 34.6. The Balaban J connectivity index is 0.000000119. The smallest absolute Gasteiger partial charge is 0.00137 e. The van der Waals surface area contributed by atoms with Crippen LogP contribution in [0.25, 0.3) is 216 Å². The lowest BCUT2D eigenvalue weighted by atomic mass is 9.83. The van der Waals surface area contributed by atoms with Crippen LogP contribution < -0.4 is 0 Å². The lowest BCUT2D eigenvalue weighted by Gasteiger charge is -2.20. The van der Waals surface area contributed by atoms with E-state index < -0.39 is 0 Å². The fourth-order valence-electron chi connectivity index (χ4n) is 16.9. The number of fused-ring (bicyclic) bond motifs is 11. The van der Waals surface area contributed by atoms with Crippen LogP contribution in [-0.4, -0.2) is 0 Å². The highest BCUT2D eigenvalue weighted by atomic mass is 14.3. The van der Waals surface area contributed by atoms with Gasteiger partial charge in [-0.2, -0.15) is 0 Å². The van der Waals surface area contributed by atoms with Gasteiger partial charge >= 0.3 is 0 Å². The molecule has 1 aliphatic carbocycles. The molecule has 0 atom stereocenters. The van der Waals surface area contributed by atoms with Gasteiger partial charge < -0.3 is 0 Å². The molecule has 0 fully saturated rings. The molecule has 23 aromatic rings. The molecule has 0 spiro atoms. The second kappa shape index (κ2) is 32.8. The molecule has 0 saturated carbocycles. The summed E-state index contributed by atoms with van der Waals surface area (Å²) in [7, 11) is 0. The Morgan fingerprint density at radius 3 is 0.713 bits per heavy atom. The van der Waals surface area contributed by atoms with Crippen molar-refractivity contribution in [2.45, 2.75) is 111 Å². The van der Waals surface area contributed by atoms with Crippen molar-refractivity contribution in [3.05, 3.63) is 315 Å². The summed E-state index contributed by atoms with van der Waals surface area (Å²) in [6.07, 6.45) is 0. The first-order chi connectivity index (χ1) is 53.6. The third kappa shape index (κ3) is 12.4. The summed E-state index contributed by atoms with van der Waals surface area (Å²) >= 11 is 0. The molecule has 0 unspecified atom stereocenters. The summed E-state index contributed by atoms with van der Waals surface area (Å²) in [5, 5.41) is 51.7. The third-order valence-corrected chi connectivity index (χ3v) is 20.9. The van der Waals surface area contributed by atoms with Gasteiger partial charge in [-0.3, -0.25) is 0 Å². The van der Waals surface area contributed by atoms with E-state index in [9.17, 15) is 0 Å². The van der Waals surface area contributed by atoms with Crippen LogP contribution in [0.2, 0.25) is 0 Å². The molecule has 0 saturated heterocycles. The van der Waals surface area contributed by atoms with Crippen molar-refractivity contribution in [3.63, 3.8) is 0 Å². The summed E-state index contributed by atoms with van der Waals surface area (Å²) in [4.78, 5) is 0. The zero-order chi connectivity index (χ0) is 75.9. The SMILES string of the molecule is CC.CC.CC.CC.CC.CC.CC.CC.c1cc2ccc3ccc4ccc5ccc6ccc1c1c2c3c4c5c61.c1ccc2c(c1)cc1cccc3c4cccc5cccc(c54)c2c13.c1ccc2c3c4c(ccc5ccc6cccc-3c6c54)cc2c1.c1ccc2cc3cc4cc5ccccc5cc4cc3cc2c1. The maximum Gasteiger partial charge on any atom is -0.00137 e. The minimum Gasteiger partial charge on any atom is -0.0683 e. The molecule has 0 heteroatoms. The minimum atomic E-state index is 1.30. The van der Waals surface area contributed by atoms with Crippen LogP contribution in [0, 0.1) is 0 Å². The molecule has 108 heavy (non-hydrogen) atoms. The molecule has 0 aromatic heterocycles. The first-order valence-corrected chi connectivity index (χ1v) is 40.2. The van der Waals surface area contributed by atoms with E-state index in [0.29, 0.717) is 0 Å². The maximum atomic E-state index is 2.33. The van der Waals surface area contributed by atoms with Gasteiger partial charge in [0, 0.05) is 0 Å². The minimum absolute atomic E-state index is 1.30. The Morgan fingerprint density at radius 2 is 0.333 bits per heavy atom. The number of rotatable bonds is 0. The Morgan fingerprint density at radius 1 is 0.111 bits per heavy atom. The molecule has 0 aliphatic heterocycles. The standard InChI is InChI=1S/C24H12.C24H14.C22H12.C22H14.8C2H6/c1-2-14-5-6-16-9-11-18-12-10-17-8-7-15-4-3-13(1)19-20(14)22(16)24(18)23(17)21(15)19;1-2-10-18-16(6-1)14-17-9-5-12-20-19-11-3-7-15-8-4-13-21(22(15)19)24(18)23(17)20;1-2-6-17-15(4-1)12-16-11-10-14-9-8-13-5-3-7-18-19(13)20(14)21(16)22(17)18;1-2-6-16-10-20-14-22-12-18-8-4-3-7-17(18)11-21(22)13-19(20)9-15(16)5-1;8*1-2/h1-12H;1-14H;1-12H;1-14H;8*1-2H3. The van der Waals surface area contributed by atoms with E-state index in [1.807, 2.05) is 111 Å². The first kappa shape index (κ1) is 74.3. The van der Waals surface area contributed by atoms with Gasteiger partial charge in [-0.25, -0.2) is 0 Å². The molecule has 0 radical (unpaired) electrons. The highest BCUT2D eigenvalue weighted by Gasteiger charge is 2.24. The number of hydrogen-bond donors (Lipinski definition) is 0. The van der Waals surface area contributed by atoms with Crippen LogP contribution in [0.15, 0.2) is 315 Å². The summed E-state index contributed by atoms with van der Waals surface area (Å²) < 4.78 is 0. The third-order valence-electron chi connectivity index (χ3n) is 20.9. The average molecular weight is 1400 g/mol. The van der Waals surface area contributed by atoms with Crippen LogP contribution in [0.1, 0.15) is 111 Å². The molecule has 0 bridgehead atoms. The molecule has 0 N–H and O–H groups in total. The van der Waals surface area contributed by atoms with Crippen LogP contribution in [0.4, 0.5) is 0 Å². The largest absolute Gasteiger partial charge is 0.0683 e. The molecular weight excluding hydrogens is 1300 g/mol. The van der Waals surface area contributed by atoms with Crippen molar-refractivity contribution in [3.8, 4) is 11.1 Å². The fraction of sp³-hybridized carbons (Fsp3) is 0.148. The van der Waals surface area contributed by atoms with Crippen molar-refractivity contribution in [2.24, 2.45) is 0 Å². The van der Waals surface area contributed by atoms with Gasteiger partial charge in [-0.15, -0.1) is 0 Å². The topological polar surface area (TPSA) is 0 Å². The lowest BCUT2D eigenvalue weighted by Crippen LogP contribution is -1.91. The zero-order valence-corrected chi connectivity index (χ0v) is 66.0. The van der Waals surface area contributed by atoms with Gasteiger partial charge in [-0.1, -0.05) is 378 Å². The highest BCUT2D eigenvalue weighted by molar-refractivity contribution is 6.45. The molecule has 0 nitrogen and oxygen atoms in total. The summed E-state index contributed by atoms with van der Waals surface area (Å²) in [6.45, 7) is 32.0. The van der Waals surface area contributed by atoms with Gasteiger partial charge in [0.2, 0.25) is 0 Å². The maximum absolute atomic E-state index is 2.33. The van der Waals surface area contributed by atoms with Gasteiger partial charge in [0.1, 0.15) is 0 Å². The summed E-state index contributed by atoms with van der Waals surface area (Å²) in [5.41, 5.74) is 2.82. The van der Waals surface area contributed by atoms with E-state index in [1.54, 1.807) is 0 Å². The monoisotopic (exact) mass is 1400 g/mol. The Labute approximate surface area is 637 Å². The van der Waals surface area contributed by atoms with E-state index in [4.69, 9.17) is 0 Å². The van der Waals surface area contributed by atoms with Crippen LogP contribution in [0.5, 0.6) is 0 Å². The molecule has 24 rings (SSSR count). The quantitative estimate of drug-likeness (QED) is 0.105. The molecule has 0 heterocycles. The van der Waals surface area contributed by atoms with Crippen LogP contribution >= 0.6 is 0 Å². The van der Waals surface area contributed by atoms with E-state index in [-0.39, 0.29) is 0 Å². The summed E-state index contributed by atoms with van der Waals surface area (Å²) in [5.74, 6) is 0. The van der Waals surface area contributed by atoms with Crippen molar-refractivity contribution in [1.82, 2.24) is 0 Å².